The minimum Gasteiger partial charge on any atom is -0.497 e. The number of rotatable bonds is 9. The maximum atomic E-state index is 13.9. The summed E-state index contributed by atoms with van der Waals surface area (Å²) in [4.78, 5) is 12.4. The van der Waals surface area contributed by atoms with Gasteiger partial charge in [-0.15, -0.1) is 10.2 Å². The van der Waals surface area contributed by atoms with Crippen LogP contribution in [0.2, 0.25) is 0 Å². The predicted molar refractivity (Wildman–Crippen MR) is 115 cm³/mol. The third-order valence-electron chi connectivity index (χ3n) is 4.42. The van der Waals surface area contributed by atoms with Crippen LogP contribution >= 0.6 is 11.8 Å². The van der Waals surface area contributed by atoms with E-state index in [0.717, 1.165) is 0 Å². The number of aromatic nitrogens is 3. The van der Waals surface area contributed by atoms with Crippen molar-refractivity contribution in [1.82, 2.24) is 20.1 Å². The van der Waals surface area contributed by atoms with E-state index in [2.05, 4.69) is 29.4 Å². The topological polar surface area (TPSA) is 69.0 Å². The lowest BCUT2D eigenvalue weighted by Crippen LogP contribution is -2.25. The fourth-order valence-electron chi connectivity index (χ4n) is 2.87. The minimum absolute atomic E-state index is 0.197. The van der Waals surface area contributed by atoms with Gasteiger partial charge in [0.25, 0.3) is 5.91 Å². The number of ether oxygens (including phenoxy) is 1. The first-order chi connectivity index (χ1) is 14.5. The lowest BCUT2D eigenvalue weighted by Gasteiger charge is -2.13. The average Bonchev–Trinajstić information content (AvgIpc) is 3.12. The van der Waals surface area contributed by atoms with Crippen LogP contribution in [0.15, 0.2) is 53.7 Å². The van der Waals surface area contributed by atoms with Gasteiger partial charge in [-0.3, -0.25) is 4.79 Å². The molecule has 30 heavy (non-hydrogen) atoms. The van der Waals surface area contributed by atoms with Crippen LogP contribution in [0.1, 0.15) is 35.6 Å². The van der Waals surface area contributed by atoms with Crippen molar-refractivity contribution in [2.75, 3.05) is 7.11 Å². The Morgan fingerprint density at radius 1 is 1.17 bits per heavy atom. The van der Waals surface area contributed by atoms with Gasteiger partial charge in [-0.05, 0) is 41.8 Å². The summed E-state index contributed by atoms with van der Waals surface area (Å²) in [7, 11) is 1.58. The maximum absolute atomic E-state index is 13.9. The molecule has 1 aromatic heterocycles. The molecule has 6 nitrogen and oxygen atoms in total. The number of methoxy groups -OCH3 is 1. The van der Waals surface area contributed by atoms with Crippen molar-refractivity contribution in [1.29, 1.82) is 0 Å². The van der Waals surface area contributed by atoms with Gasteiger partial charge in [-0.2, -0.15) is 0 Å². The summed E-state index contributed by atoms with van der Waals surface area (Å²) >= 11 is 1.43. The molecule has 2 aromatic carbocycles. The van der Waals surface area contributed by atoms with Crippen LogP contribution in [-0.2, 0) is 18.8 Å². The highest BCUT2D eigenvalue weighted by Crippen LogP contribution is 2.24. The van der Waals surface area contributed by atoms with E-state index in [1.54, 1.807) is 43.5 Å². The van der Waals surface area contributed by atoms with E-state index in [1.165, 1.54) is 17.8 Å². The highest BCUT2D eigenvalue weighted by Gasteiger charge is 2.16. The van der Waals surface area contributed by atoms with Crippen molar-refractivity contribution in [3.05, 3.63) is 71.3 Å². The lowest BCUT2D eigenvalue weighted by molar-refractivity contribution is 0.0949. The van der Waals surface area contributed by atoms with Gasteiger partial charge in [0, 0.05) is 17.9 Å². The third kappa shape index (κ3) is 5.60. The van der Waals surface area contributed by atoms with Crippen LogP contribution in [0.3, 0.4) is 0 Å². The molecule has 8 heteroatoms. The highest BCUT2D eigenvalue weighted by atomic mass is 32.2. The average molecular weight is 429 g/mol. The van der Waals surface area contributed by atoms with Gasteiger partial charge in [0.15, 0.2) is 11.0 Å². The number of thioether (sulfide) groups is 1. The van der Waals surface area contributed by atoms with E-state index in [-0.39, 0.29) is 18.3 Å². The van der Waals surface area contributed by atoms with E-state index in [0.29, 0.717) is 46.1 Å². The first-order valence-corrected chi connectivity index (χ1v) is 10.7. The number of nitrogens with one attached hydrogen (secondary N) is 1. The number of carbonyl (C=O) groups excluding carboxylic acids is 1. The molecule has 0 fully saturated rings. The molecule has 3 rings (SSSR count). The molecule has 3 aromatic rings. The van der Waals surface area contributed by atoms with Gasteiger partial charge in [0.05, 0.1) is 13.7 Å². The molecule has 158 valence electrons. The SMILES string of the molecule is COc1ccc(C(=O)NCc2nnc(SCc3ccccc3F)n2CC(C)C)cc1. The fourth-order valence-corrected chi connectivity index (χ4v) is 3.82. The van der Waals surface area contributed by atoms with E-state index in [4.69, 9.17) is 4.74 Å². The number of hydrogen-bond acceptors (Lipinski definition) is 5. The van der Waals surface area contributed by atoms with Crippen LogP contribution in [0, 0.1) is 11.7 Å². The Hall–Kier alpha value is -2.87. The number of hydrogen-bond donors (Lipinski definition) is 1. The van der Waals surface area contributed by atoms with Crippen molar-refractivity contribution < 1.29 is 13.9 Å². The fraction of sp³-hybridized carbons (Fsp3) is 0.318. The molecule has 1 N–H and O–H groups in total. The van der Waals surface area contributed by atoms with Gasteiger partial charge in [0.2, 0.25) is 0 Å². The van der Waals surface area contributed by atoms with E-state index >= 15 is 0 Å². The predicted octanol–water partition coefficient (Wildman–Crippen LogP) is 4.30. The molecular weight excluding hydrogens is 403 g/mol. The second kappa shape index (κ2) is 10.2. The van der Waals surface area contributed by atoms with Crippen molar-refractivity contribution in [2.24, 2.45) is 5.92 Å². The van der Waals surface area contributed by atoms with Gasteiger partial charge >= 0.3 is 0 Å². The van der Waals surface area contributed by atoms with Crippen LogP contribution in [0.25, 0.3) is 0 Å². The van der Waals surface area contributed by atoms with E-state index < -0.39 is 0 Å². The Labute approximate surface area is 179 Å². The summed E-state index contributed by atoms with van der Waals surface area (Å²) in [5, 5.41) is 12.1. The summed E-state index contributed by atoms with van der Waals surface area (Å²) in [6.07, 6.45) is 0. The Morgan fingerprint density at radius 2 is 1.90 bits per heavy atom. The van der Waals surface area contributed by atoms with Crippen LogP contribution in [0.5, 0.6) is 5.75 Å². The Kier molecular flexibility index (Phi) is 7.46. The van der Waals surface area contributed by atoms with E-state index in [9.17, 15) is 9.18 Å². The van der Waals surface area contributed by atoms with Crippen molar-refractivity contribution >= 4 is 17.7 Å². The zero-order valence-electron chi connectivity index (χ0n) is 17.3. The molecular formula is C22H25FN4O2S. The normalized spacial score (nSPS) is 11.0. The quantitative estimate of drug-likeness (QED) is 0.515. The van der Waals surface area contributed by atoms with Crippen molar-refractivity contribution in [3.63, 3.8) is 0 Å². The summed E-state index contributed by atoms with van der Waals surface area (Å²) in [6, 6.07) is 13.6. The molecule has 1 heterocycles. The largest absolute Gasteiger partial charge is 0.497 e. The Balaban J connectivity index is 1.69. The molecule has 0 saturated carbocycles. The summed E-state index contributed by atoms with van der Waals surface area (Å²) in [6.45, 7) is 5.17. The van der Waals surface area contributed by atoms with Crippen LogP contribution in [-0.4, -0.2) is 27.8 Å². The van der Waals surface area contributed by atoms with E-state index in [1.807, 2.05) is 10.6 Å². The number of halogens is 1. The first-order valence-electron chi connectivity index (χ1n) is 9.68. The molecule has 0 atom stereocenters. The lowest BCUT2D eigenvalue weighted by atomic mass is 10.2. The second-order valence-corrected chi connectivity index (χ2v) is 8.14. The van der Waals surface area contributed by atoms with Gasteiger partial charge in [-0.25, -0.2) is 4.39 Å². The van der Waals surface area contributed by atoms with Crippen molar-refractivity contribution in [3.8, 4) is 5.75 Å². The smallest absolute Gasteiger partial charge is 0.251 e. The maximum Gasteiger partial charge on any atom is 0.251 e. The number of nitrogens with zero attached hydrogens (tertiary/aromatic N) is 3. The Morgan fingerprint density at radius 3 is 2.57 bits per heavy atom. The monoisotopic (exact) mass is 428 g/mol. The number of carbonyl (C=O) groups is 1. The number of benzene rings is 2. The molecule has 0 bridgehead atoms. The minimum atomic E-state index is -0.230. The summed E-state index contributed by atoms with van der Waals surface area (Å²) < 4.78 is 21.0. The highest BCUT2D eigenvalue weighted by molar-refractivity contribution is 7.98. The summed E-state index contributed by atoms with van der Waals surface area (Å²) in [5.74, 6) is 1.76. The molecule has 0 radical (unpaired) electrons. The third-order valence-corrected chi connectivity index (χ3v) is 5.43. The molecule has 0 aliphatic carbocycles. The summed E-state index contributed by atoms with van der Waals surface area (Å²) in [5.41, 5.74) is 1.16. The molecule has 1 amide bonds. The zero-order chi connectivity index (χ0) is 21.5. The molecule has 0 unspecified atom stereocenters. The molecule has 0 aliphatic rings. The molecule has 0 saturated heterocycles. The van der Waals surface area contributed by atoms with Gasteiger partial charge in [0.1, 0.15) is 11.6 Å². The van der Waals surface area contributed by atoms with Gasteiger partial charge in [-0.1, -0.05) is 43.8 Å². The van der Waals surface area contributed by atoms with Crippen LogP contribution < -0.4 is 10.1 Å². The first kappa shape index (κ1) is 21.8. The zero-order valence-corrected chi connectivity index (χ0v) is 18.1. The second-order valence-electron chi connectivity index (χ2n) is 7.19. The molecule has 0 spiro atoms. The van der Waals surface area contributed by atoms with Crippen LogP contribution in [0.4, 0.5) is 4.39 Å². The Bertz CT molecular complexity index is 989. The van der Waals surface area contributed by atoms with Gasteiger partial charge < -0.3 is 14.6 Å². The molecule has 0 aliphatic heterocycles. The van der Waals surface area contributed by atoms with Crippen molar-refractivity contribution in [2.45, 2.75) is 37.8 Å². The number of amides is 1. The standard InChI is InChI=1S/C22H25FN4O2S/c1-15(2)13-27-20(12-24-21(28)16-8-10-18(29-3)11-9-16)25-26-22(27)30-14-17-6-4-5-7-19(17)23/h4-11,15H,12-14H2,1-3H3,(H,24,28).